The Labute approximate surface area is 183 Å². The van der Waals surface area contributed by atoms with Crippen molar-refractivity contribution < 1.29 is 23.4 Å². The molecule has 0 unspecified atom stereocenters. The number of benzene rings is 2. The van der Waals surface area contributed by atoms with Gasteiger partial charge in [0.1, 0.15) is 17.3 Å². The number of likely N-dealkylation sites (tertiary alicyclic amines) is 1. The first-order valence-corrected chi connectivity index (χ1v) is 10.6. The van der Waals surface area contributed by atoms with E-state index in [0.717, 1.165) is 48.6 Å². The fourth-order valence-corrected chi connectivity index (χ4v) is 3.67. The van der Waals surface area contributed by atoms with Gasteiger partial charge in [0.25, 0.3) is 0 Å². The van der Waals surface area contributed by atoms with Crippen molar-refractivity contribution in [1.29, 1.82) is 0 Å². The highest BCUT2D eigenvalue weighted by Crippen LogP contribution is 2.24. The molecule has 0 spiro atoms. The highest BCUT2D eigenvalue weighted by atomic mass is 19.1. The minimum atomic E-state index is -0.273. The van der Waals surface area contributed by atoms with E-state index in [1.54, 1.807) is 26.4 Å². The second-order valence-electron chi connectivity index (χ2n) is 7.86. The van der Waals surface area contributed by atoms with Gasteiger partial charge in [-0.3, -0.25) is 9.69 Å². The first kappa shape index (κ1) is 23.0. The van der Waals surface area contributed by atoms with Gasteiger partial charge in [0.15, 0.2) is 0 Å². The zero-order valence-corrected chi connectivity index (χ0v) is 18.2. The summed E-state index contributed by atoms with van der Waals surface area (Å²) in [6, 6.07) is 11.9. The molecule has 0 bridgehead atoms. The molecule has 1 fully saturated rings. The molecule has 0 aromatic heterocycles. The molecule has 1 aliphatic heterocycles. The van der Waals surface area contributed by atoms with Crippen LogP contribution in [0.3, 0.4) is 0 Å². The Morgan fingerprint density at radius 2 is 1.68 bits per heavy atom. The highest BCUT2D eigenvalue weighted by Gasteiger charge is 2.21. The van der Waals surface area contributed by atoms with E-state index in [9.17, 15) is 9.18 Å². The maximum Gasteiger partial charge on any atom is 0.234 e. The third kappa shape index (κ3) is 7.52. The van der Waals surface area contributed by atoms with Crippen molar-refractivity contribution in [2.75, 3.05) is 40.5 Å². The van der Waals surface area contributed by atoms with E-state index in [1.165, 1.54) is 12.1 Å². The summed E-state index contributed by atoms with van der Waals surface area (Å²) >= 11 is 0. The zero-order chi connectivity index (χ0) is 22.1. The SMILES string of the molecule is COc1cc(COCC2CCN(CC(=O)NCc3ccc(F)cc3)CC2)cc(OC)c1. The summed E-state index contributed by atoms with van der Waals surface area (Å²) in [4.78, 5) is 14.4. The number of piperidine rings is 1. The summed E-state index contributed by atoms with van der Waals surface area (Å²) in [6.45, 7) is 3.77. The maximum absolute atomic E-state index is 12.9. The molecular weight excluding hydrogens is 399 g/mol. The number of carbonyl (C=O) groups is 1. The van der Waals surface area contributed by atoms with Gasteiger partial charge < -0.3 is 19.5 Å². The lowest BCUT2D eigenvalue weighted by molar-refractivity contribution is -0.122. The number of amides is 1. The Morgan fingerprint density at radius 3 is 2.29 bits per heavy atom. The van der Waals surface area contributed by atoms with Crippen molar-refractivity contribution >= 4 is 5.91 Å². The molecule has 0 radical (unpaired) electrons. The van der Waals surface area contributed by atoms with Crippen LogP contribution in [0.2, 0.25) is 0 Å². The lowest BCUT2D eigenvalue weighted by Crippen LogP contribution is -2.42. The molecule has 1 N–H and O–H groups in total. The third-order valence-electron chi connectivity index (χ3n) is 5.51. The van der Waals surface area contributed by atoms with Gasteiger partial charge in [-0.2, -0.15) is 0 Å². The summed E-state index contributed by atoms with van der Waals surface area (Å²) in [5.74, 6) is 1.72. The summed E-state index contributed by atoms with van der Waals surface area (Å²) in [5.41, 5.74) is 1.91. The number of hydrogen-bond acceptors (Lipinski definition) is 5. The molecule has 2 aromatic carbocycles. The summed E-state index contributed by atoms with van der Waals surface area (Å²) in [5, 5.41) is 2.90. The van der Waals surface area contributed by atoms with Crippen LogP contribution in [0.1, 0.15) is 24.0 Å². The normalized spacial score (nSPS) is 14.9. The van der Waals surface area contributed by atoms with Gasteiger partial charge >= 0.3 is 0 Å². The van der Waals surface area contributed by atoms with Gasteiger partial charge in [-0.05, 0) is 67.2 Å². The standard InChI is InChI=1S/C24H31FN2O4/c1-29-22-11-20(12-23(13-22)30-2)17-31-16-19-7-9-27(10-8-19)15-24(28)26-14-18-3-5-21(25)6-4-18/h3-6,11-13,19H,7-10,14-17H2,1-2H3,(H,26,28). The van der Waals surface area contributed by atoms with Crippen LogP contribution < -0.4 is 14.8 Å². The second kappa shape index (κ2) is 11.7. The molecule has 31 heavy (non-hydrogen) atoms. The summed E-state index contributed by atoms with van der Waals surface area (Å²) in [7, 11) is 3.27. The molecule has 7 heteroatoms. The van der Waals surface area contributed by atoms with Crippen molar-refractivity contribution in [2.45, 2.75) is 26.0 Å². The van der Waals surface area contributed by atoms with Gasteiger partial charge in [0.05, 0.1) is 27.4 Å². The minimum absolute atomic E-state index is 0.00834. The van der Waals surface area contributed by atoms with Gasteiger partial charge in [-0.15, -0.1) is 0 Å². The number of halogens is 1. The van der Waals surface area contributed by atoms with Crippen molar-refractivity contribution in [2.24, 2.45) is 5.92 Å². The van der Waals surface area contributed by atoms with Crippen LogP contribution in [-0.4, -0.2) is 51.3 Å². The van der Waals surface area contributed by atoms with Crippen LogP contribution in [0.4, 0.5) is 4.39 Å². The zero-order valence-electron chi connectivity index (χ0n) is 18.2. The highest BCUT2D eigenvalue weighted by molar-refractivity contribution is 5.78. The number of nitrogens with zero attached hydrogens (tertiary/aromatic N) is 1. The van der Waals surface area contributed by atoms with Gasteiger partial charge in [-0.1, -0.05) is 12.1 Å². The Kier molecular flexibility index (Phi) is 8.67. The van der Waals surface area contributed by atoms with Crippen molar-refractivity contribution in [1.82, 2.24) is 10.2 Å². The number of rotatable bonds is 10. The number of carbonyl (C=O) groups excluding carboxylic acids is 1. The molecule has 1 heterocycles. The molecule has 2 aromatic rings. The maximum atomic E-state index is 12.9. The minimum Gasteiger partial charge on any atom is -0.497 e. The molecule has 3 rings (SSSR count). The summed E-state index contributed by atoms with van der Waals surface area (Å²) < 4.78 is 29.5. The van der Waals surface area contributed by atoms with Crippen LogP contribution in [0.5, 0.6) is 11.5 Å². The van der Waals surface area contributed by atoms with Crippen LogP contribution >= 0.6 is 0 Å². The molecule has 0 aliphatic carbocycles. The van der Waals surface area contributed by atoms with E-state index in [-0.39, 0.29) is 11.7 Å². The van der Waals surface area contributed by atoms with Crippen LogP contribution in [0, 0.1) is 11.7 Å². The van der Waals surface area contributed by atoms with Crippen molar-refractivity contribution in [3.63, 3.8) is 0 Å². The first-order chi connectivity index (χ1) is 15.1. The molecule has 1 amide bonds. The Morgan fingerprint density at radius 1 is 1.03 bits per heavy atom. The summed E-state index contributed by atoms with van der Waals surface area (Å²) in [6.07, 6.45) is 2.01. The largest absolute Gasteiger partial charge is 0.497 e. The van der Waals surface area contributed by atoms with Gasteiger partial charge in [0.2, 0.25) is 5.91 Å². The molecule has 0 saturated carbocycles. The lowest BCUT2D eigenvalue weighted by atomic mass is 9.98. The smallest absolute Gasteiger partial charge is 0.234 e. The lowest BCUT2D eigenvalue weighted by Gasteiger charge is -2.31. The van der Waals surface area contributed by atoms with Crippen LogP contribution in [-0.2, 0) is 22.7 Å². The van der Waals surface area contributed by atoms with E-state index >= 15 is 0 Å². The fourth-order valence-electron chi connectivity index (χ4n) is 3.67. The third-order valence-corrected chi connectivity index (χ3v) is 5.51. The predicted octanol–water partition coefficient (Wildman–Crippen LogP) is 3.39. The van der Waals surface area contributed by atoms with Crippen molar-refractivity contribution in [3.05, 3.63) is 59.4 Å². The Balaban J connectivity index is 1.33. The van der Waals surface area contributed by atoms with Crippen molar-refractivity contribution in [3.8, 4) is 11.5 Å². The second-order valence-corrected chi connectivity index (χ2v) is 7.86. The average molecular weight is 431 g/mol. The average Bonchev–Trinajstić information content (AvgIpc) is 2.79. The van der Waals surface area contributed by atoms with Crippen LogP contribution in [0.15, 0.2) is 42.5 Å². The first-order valence-electron chi connectivity index (χ1n) is 10.6. The molecular formula is C24H31FN2O4. The van der Waals surface area contributed by atoms with E-state index in [1.807, 2.05) is 18.2 Å². The molecule has 1 aliphatic rings. The number of nitrogens with one attached hydrogen (secondary N) is 1. The molecule has 1 saturated heterocycles. The molecule has 6 nitrogen and oxygen atoms in total. The van der Waals surface area contributed by atoms with E-state index < -0.39 is 0 Å². The number of ether oxygens (including phenoxy) is 3. The van der Waals surface area contributed by atoms with Gasteiger partial charge in [-0.25, -0.2) is 4.39 Å². The van der Waals surface area contributed by atoms with E-state index in [2.05, 4.69) is 10.2 Å². The quantitative estimate of drug-likeness (QED) is 0.626. The van der Waals surface area contributed by atoms with Crippen LogP contribution in [0.25, 0.3) is 0 Å². The fraction of sp³-hybridized carbons (Fsp3) is 0.458. The molecule has 168 valence electrons. The number of hydrogen-bond donors (Lipinski definition) is 1. The Hall–Kier alpha value is -2.64. The molecule has 0 atom stereocenters. The Bertz CT molecular complexity index is 814. The van der Waals surface area contributed by atoms with E-state index in [0.29, 0.717) is 32.2 Å². The number of methoxy groups -OCH3 is 2. The topological polar surface area (TPSA) is 60.0 Å². The monoisotopic (exact) mass is 430 g/mol. The van der Waals surface area contributed by atoms with E-state index in [4.69, 9.17) is 14.2 Å². The van der Waals surface area contributed by atoms with Gasteiger partial charge in [0, 0.05) is 19.2 Å². The predicted molar refractivity (Wildman–Crippen MR) is 117 cm³/mol.